The topological polar surface area (TPSA) is 87.0 Å². The molecule has 1 amide bonds. The molecule has 1 heterocycles. The summed E-state index contributed by atoms with van der Waals surface area (Å²) in [7, 11) is 0. The van der Waals surface area contributed by atoms with Gasteiger partial charge in [-0.05, 0) is 13.0 Å². The van der Waals surface area contributed by atoms with Gasteiger partial charge in [-0.25, -0.2) is 4.98 Å². The van der Waals surface area contributed by atoms with Crippen molar-refractivity contribution in [2.45, 2.75) is 13.3 Å². The van der Waals surface area contributed by atoms with Crippen molar-refractivity contribution in [2.24, 2.45) is 0 Å². The molecule has 0 atom stereocenters. The summed E-state index contributed by atoms with van der Waals surface area (Å²) in [6.07, 6.45) is 1.92. The van der Waals surface area contributed by atoms with Gasteiger partial charge in [-0.2, -0.15) is 5.26 Å². The molecular weight excluding hydrogens is 232 g/mol. The molecule has 0 radical (unpaired) electrons. The van der Waals surface area contributed by atoms with Crippen LogP contribution in [-0.4, -0.2) is 30.6 Å². The Labute approximate surface area is 106 Å². The van der Waals surface area contributed by atoms with Gasteiger partial charge < -0.3 is 15.4 Å². The number of amides is 1. The lowest BCUT2D eigenvalue weighted by Gasteiger charge is -2.07. The molecule has 0 aliphatic carbocycles. The smallest absolute Gasteiger partial charge is 0.239 e. The summed E-state index contributed by atoms with van der Waals surface area (Å²) in [6.45, 7) is 2.99. The molecule has 1 rings (SSSR count). The van der Waals surface area contributed by atoms with Crippen LogP contribution in [0.5, 0.6) is 5.88 Å². The normalized spacial score (nSPS) is 9.33. The van der Waals surface area contributed by atoms with Gasteiger partial charge in [0.2, 0.25) is 11.8 Å². The van der Waals surface area contributed by atoms with Gasteiger partial charge in [0, 0.05) is 12.6 Å². The highest BCUT2D eigenvalue weighted by molar-refractivity contribution is 5.80. The summed E-state index contributed by atoms with van der Waals surface area (Å²) in [6, 6.07) is 5.48. The van der Waals surface area contributed by atoms with E-state index in [9.17, 15) is 4.79 Å². The second kappa shape index (κ2) is 7.90. The number of nitrogens with zero attached hydrogens (tertiary/aromatic N) is 2. The first-order valence-corrected chi connectivity index (χ1v) is 5.72. The van der Waals surface area contributed by atoms with Crippen LogP contribution in [-0.2, 0) is 4.79 Å². The number of nitriles is 1. The zero-order valence-corrected chi connectivity index (χ0v) is 10.3. The first kappa shape index (κ1) is 13.8. The molecule has 6 nitrogen and oxygen atoms in total. The quantitative estimate of drug-likeness (QED) is 0.701. The molecule has 0 spiro atoms. The molecule has 0 aliphatic heterocycles. The van der Waals surface area contributed by atoms with E-state index in [0.717, 1.165) is 5.69 Å². The molecule has 0 unspecified atom stereocenters. The van der Waals surface area contributed by atoms with Crippen molar-refractivity contribution in [3.63, 3.8) is 0 Å². The summed E-state index contributed by atoms with van der Waals surface area (Å²) in [4.78, 5) is 15.4. The third kappa shape index (κ3) is 5.16. The fraction of sp³-hybridized carbons (Fsp3) is 0.417. The number of carbonyl (C=O) groups is 1. The maximum Gasteiger partial charge on any atom is 0.239 e. The summed E-state index contributed by atoms with van der Waals surface area (Å²) in [5.74, 6) is 0.403. The Bertz CT molecular complexity index is 411. The zero-order valence-electron chi connectivity index (χ0n) is 10.3. The van der Waals surface area contributed by atoms with Crippen LogP contribution >= 0.6 is 0 Å². The Morgan fingerprint density at radius 1 is 1.56 bits per heavy atom. The molecule has 0 bridgehead atoms. The lowest BCUT2D eigenvalue weighted by Crippen LogP contribution is -2.30. The second-order valence-electron chi connectivity index (χ2n) is 3.43. The van der Waals surface area contributed by atoms with E-state index >= 15 is 0 Å². The number of carbonyl (C=O) groups excluding carboxylic acids is 1. The molecule has 0 saturated heterocycles. The van der Waals surface area contributed by atoms with Crippen molar-refractivity contribution >= 4 is 11.6 Å². The van der Waals surface area contributed by atoms with Crippen LogP contribution in [0.1, 0.15) is 13.3 Å². The molecule has 0 fully saturated rings. The van der Waals surface area contributed by atoms with Crippen molar-refractivity contribution in [1.82, 2.24) is 10.3 Å². The van der Waals surface area contributed by atoms with Gasteiger partial charge in [-0.1, -0.05) is 0 Å². The Hall–Kier alpha value is -2.29. The number of aromatic nitrogens is 1. The van der Waals surface area contributed by atoms with E-state index in [1.165, 1.54) is 0 Å². The zero-order chi connectivity index (χ0) is 13.2. The fourth-order valence-electron chi connectivity index (χ4n) is 1.22. The minimum atomic E-state index is -0.154. The van der Waals surface area contributed by atoms with Gasteiger partial charge in [0.15, 0.2) is 0 Å². The molecule has 2 N–H and O–H groups in total. The first-order valence-electron chi connectivity index (χ1n) is 5.72. The maximum absolute atomic E-state index is 11.3. The van der Waals surface area contributed by atoms with Gasteiger partial charge in [0.05, 0.1) is 37.5 Å². The van der Waals surface area contributed by atoms with Crippen molar-refractivity contribution < 1.29 is 9.53 Å². The molecule has 1 aromatic rings. The minimum absolute atomic E-state index is 0.154. The number of nitrogens with one attached hydrogen (secondary N) is 2. The molecule has 0 aromatic carbocycles. The number of rotatable bonds is 7. The molecule has 0 saturated carbocycles. The Morgan fingerprint density at radius 3 is 3.00 bits per heavy atom. The predicted octanol–water partition coefficient (Wildman–Crippen LogP) is 0.922. The van der Waals surface area contributed by atoms with Crippen LogP contribution in [0.25, 0.3) is 0 Å². The minimum Gasteiger partial charge on any atom is -0.478 e. The number of hydrogen-bond donors (Lipinski definition) is 2. The summed E-state index contributed by atoms with van der Waals surface area (Å²) in [5, 5.41) is 13.9. The van der Waals surface area contributed by atoms with Crippen LogP contribution in [0.15, 0.2) is 18.3 Å². The van der Waals surface area contributed by atoms with Crippen LogP contribution in [0.2, 0.25) is 0 Å². The summed E-state index contributed by atoms with van der Waals surface area (Å²) < 4.78 is 5.20. The van der Waals surface area contributed by atoms with Crippen molar-refractivity contribution in [1.29, 1.82) is 5.26 Å². The number of ether oxygens (including phenoxy) is 1. The van der Waals surface area contributed by atoms with E-state index in [1.807, 2.05) is 13.0 Å². The van der Waals surface area contributed by atoms with Gasteiger partial charge in [0.25, 0.3) is 0 Å². The van der Waals surface area contributed by atoms with Crippen molar-refractivity contribution in [3.05, 3.63) is 18.3 Å². The van der Waals surface area contributed by atoms with E-state index in [-0.39, 0.29) is 12.5 Å². The van der Waals surface area contributed by atoms with Gasteiger partial charge >= 0.3 is 0 Å². The highest BCUT2D eigenvalue weighted by Crippen LogP contribution is 2.10. The lowest BCUT2D eigenvalue weighted by molar-refractivity contribution is -0.119. The van der Waals surface area contributed by atoms with E-state index < -0.39 is 0 Å². The number of hydrogen-bond acceptors (Lipinski definition) is 5. The van der Waals surface area contributed by atoms with Gasteiger partial charge in [-0.3, -0.25) is 4.79 Å². The largest absolute Gasteiger partial charge is 0.478 e. The average Bonchev–Trinajstić information content (AvgIpc) is 2.39. The third-order valence-corrected chi connectivity index (χ3v) is 2.04. The van der Waals surface area contributed by atoms with Crippen molar-refractivity contribution in [2.75, 3.05) is 25.0 Å². The molecule has 18 heavy (non-hydrogen) atoms. The number of anilines is 1. The Balaban J connectivity index is 2.30. The fourth-order valence-corrected chi connectivity index (χ4v) is 1.22. The molecule has 0 aliphatic rings. The highest BCUT2D eigenvalue weighted by atomic mass is 16.5. The Morgan fingerprint density at radius 2 is 2.39 bits per heavy atom. The Kier molecular flexibility index (Phi) is 6.04. The summed E-state index contributed by atoms with van der Waals surface area (Å²) >= 11 is 0. The third-order valence-electron chi connectivity index (χ3n) is 2.04. The van der Waals surface area contributed by atoms with Gasteiger partial charge in [0.1, 0.15) is 0 Å². The predicted molar refractivity (Wildman–Crippen MR) is 67.1 cm³/mol. The van der Waals surface area contributed by atoms with Crippen LogP contribution in [0.3, 0.4) is 0 Å². The molecule has 6 heteroatoms. The molecule has 1 aromatic heterocycles. The monoisotopic (exact) mass is 248 g/mol. The molecular formula is C12H16N4O2. The van der Waals surface area contributed by atoms with Crippen LogP contribution in [0.4, 0.5) is 5.69 Å². The highest BCUT2D eigenvalue weighted by Gasteiger charge is 2.01. The van der Waals surface area contributed by atoms with Crippen LogP contribution in [0, 0.1) is 11.3 Å². The number of pyridine rings is 1. The maximum atomic E-state index is 11.3. The first-order chi connectivity index (χ1) is 8.76. The van der Waals surface area contributed by atoms with Gasteiger partial charge in [-0.15, -0.1) is 0 Å². The second-order valence-corrected chi connectivity index (χ2v) is 3.43. The van der Waals surface area contributed by atoms with E-state index in [2.05, 4.69) is 15.6 Å². The van der Waals surface area contributed by atoms with E-state index in [4.69, 9.17) is 10.00 Å². The SMILES string of the molecule is CCOc1ccc(NCC(=O)NCCC#N)cn1. The van der Waals surface area contributed by atoms with Crippen LogP contribution < -0.4 is 15.4 Å². The average molecular weight is 248 g/mol. The summed E-state index contributed by atoms with van der Waals surface area (Å²) in [5.41, 5.74) is 0.744. The van der Waals surface area contributed by atoms with Crippen molar-refractivity contribution in [3.8, 4) is 11.9 Å². The standard InChI is InChI=1S/C12H16N4O2/c1-2-18-12-5-4-10(8-16-12)15-9-11(17)14-7-3-6-13/h4-5,8,15H,2-3,7,9H2,1H3,(H,14,17). The molecule has 96 valence electrons. The van der Waals surface area contributed by atoms with E-state index in [0.29, 0.717) is 25.5 Å². The lowest BCUT2D eigenvalue weighted by atomic mass is 10.4. The van der Waals surface area contributed by atoms with E-state index in [1.54, 1.807) is 18.3 Å².